The van der Waals surface area contributed by atoms with Crippen LogP contribution in [-0.4, -0.2) is 6.54 Å². The number of aryl methyl sites for hydroxylation is 1. The van der Waals surface area contributed by atoms with E-state index in [0.717, 1.165) is 30.0 Å². The highest BCUT2D eigenvalue weighted by molar-refractivity contribution is 9.10. The van der Waals surface area contributed by atoms with Crippen molar-refractivity contribution in [3.05, 3.63) is 51.6 Å². The number of ether oxygens (including phenoxy) is 1. The van der Waals surface area contributed by atoms with Crippen LogP contribution in [0.2, 0.25) is 0 Å². The van der Waals surface area contributed by atoms with Gasteiger partial charge >= 0.3 is 0 Å². The van der Waals surface area contributed by atoms with Crippen LogP contribution in [0.3, 0.4) is 0 Å². The molecular weight excluding hydrogens is 337 g/mol. The molecule has 114 valence electrons. The van der Waals surface area contributed by atoms with Crippen molar-refractivity contribution in [3.8, 4) is 5.75 Å². The summed E-state index contributed by atoms with van der Waals surface area (Å²) >= 11 is 3.24. The van der Waals surface area contributed by atoms with E-state index in [-0.39, 0.29) is 12.4 Å². The number of benzene rings is 1. The Kier molecular flexibility index (Phi) is 5.82. The van der Waals surface area contributed by atoms with E-state index >= 15 is 0 Å². The Labute approximate surface area is 132 Å². The third kappa shape index (κ3) is 4.86. The fourth-order valence-electron chi connectivity index (χ4n) is 1.98. The monoisotopic (exact) mass is 355 g/mol. The van der Waals surface area contributed by atoms with E-state index in [9.17, 15) is 4.39 Å². The molecule has 0 fully saturated rings. The first-order valence-electron chi connectivity index (χ1n) is 6.96. The van der Waals surface area contributed by atoms with Crippen LogP contribution in [0.15, 0.2) is 33.2 Å². The summed E-state index contributed by atoms with van der Waals surface area (Å²) in [5.74, 6) is 1.80. The minimum atomic E-state index is -0.334. The Balaban J connectivity index is 1.95. The molecule has 0 aliphatic carbocycles. The lowest BCUT2D eigenvalue weighted by Crippen LogP contribution is -2.13. The van der Waals surface area contributed by atoms with Crippen LogP contribution in [-0.2, 0) is 13.2 Å². The third-order valence-electron chi connectivity index (χ3n) is 3.00. The second kappa shape index (κ2) is 7.61. The van der Waals surface area contributed by atoms with E-state index in [2.05, 4.69) is 28.2 Å². The molecular formula is C16H19BrFNO2. The molecule has 0 amide bonds. The van der Waals surface area contributed by atoms with Gasteiger partial charge in [-0.3, -0.25) is 0 Å². The van der Waals surface area contributed by atoms with Crippen molar-refractivity contribution in [1.29, 1.82) is 0 Å². The van der Waals surface area contributed by atoms with Crippen molar-refractivity contribution in [2.75, 3.05) is 6.54 Å². The summed E-state index contributed by atoms with van der Waals surface area (Å²) in [6.07, 6.45) is 1.09. The van der Waals surface area contributed by atoms with Crippen LogP contribution in [0.5, 0.6) is 5.75 Å². The van der Waals surface area contributed by atoms with Gasteiger partial charge in [-0.25, -0.2) is 4.39 Å². The molecule has 0 aliphatic heterocycles. The van der Waals surface area contributed by atoms with E-state index in [0.29, 0.717) is 16.8 Å². The first-order chi connectivity index (χ1) is 10.1. The summed E-state index contributed by atoms with van der Waals surface area (Å²) in [5, 5.41) is 3.30. The lowest BCUT2D eigenvalue weighted by atomic mass is 10.2. The van der Waals surface area contributed by atoms with Gasteiger partial charge in [-0.1, -0.05) is 22.9 Å². The molecule has 1 N–H and O–H groups in total. The zero-order chi connectivity index (χ0) is 15.2. The zero-order valence-corrected chi connectivity index (χ0v) is 13.8. The molecule has 0 saturated carbocycles. The predicted molar refractivity (Wildman–Crippen MR) is 83.9 cm³/mol. The molecule has 21 heavy (non-hydrogen) atoms. The van der Waals surface area contributed by atoms with Gasteiger partial charge in [0.25, 0.3) is 0 Å². The van der Waals surface area contributed by atoms with Gasteiger partial charge < -0.3 is 14.5 Å². The van der Waals surface area contributed by atoms with Crippen LogP contribution in [0.25, 0.3) is 0 Å². The third-order valence-corrected chi connectivity index (χ3v) is 3.46. The van der Waals surface area contributed by atoms with E-state index in [1.54, 1.807) is 6.07 Å². The molecule has 0 bridgehead atoms. The molecule has 1 aromatic carbocycles. The highest BCUT2D eigenvalue weighted by atomic mass is 79.9. The summed E-state index contributed by atoms with van der Waals surface area (Å²) in [4.78, 5) is 0. The van der Waals surface area contributed by atoms with Crippen LogP contribution in [0.1, 0.15) is 30.4 Å². The number of hydrogen-bond acceptors (Lipinski definition) is 3. The fourth-order valence-corrected chi connectivity index (χ4v) is 2.43. The Morgan fingerprint density at radius 1 is 1.29 bits per heavy atom. The van der Waals surface area contributed by atoms with E-state index in [4.69, 9.17) is 9.15 Å². The van der Waals surface area contributed by atoms with Gasteiger partial charge in [-0.05, 0) is 43.7 Å². The summed E-state index contributed by atoms with van der Waals surface area (Å²) in [5.41, 5.74) is 1.10. The Bertz CT molecular complexity index is 578. The minimum Gasteiger partial charge on any atom is -0.486 e. The number of furan rings is 1. The Hall–Kier alpha value is -1.33. The maximum atomic E-state index is 13.3. The first-order valence-corrected chi connectivity index (χ1v) is 7.75. The number of halogens is 2. The van der Waals surface area contributed by atoms with E-state index < -0.39 is 0 Å². The quantitative estimate of drug-likeness (QED) is 0.738. The summed E-state index contributed by atoms with van der Waals surface area (Å²) in [6.45, 7) is 6.09. The van der Waals surface area contributed by atoms with Crippen molar-refractivity contribution in [2.24, 2.45) is 0 Å². The van der Waals surface area contributed by atoms with Crippen LogP contribution in [0, 0.1) is 12.7 Å². The van der Waals surface area contributed by atoms with Crippen molar-refractivity contribution in [3.63, 3.8) is 0 Å². The lowest BCUT2D eigenvalue weighted by molar-refractivity contribution is 0.264. The van der Waals surface area contributed by atoms with Crippen molar-refractivity contribution in [2.45, 2.75) is 33.4 Å². The standard InChI is InChI=1S/C16H19BrFNO2/c1-3-4-19-9-16-11(2)5-15(21-16)10-20-14-7-12(17)6-13(18)8-14/h5-8,19H,3-4,9-10H2,1-2H3. The average Bonchev–Trinajstić information content (AvgIpc) is 2.77. The lowest BCUT2D eigenvalue weighted by Gasteiger charge is -2.05. The molecule has 1 heterocycles. The first kappa shape index (κ1) is 16.0. The van der Waals surface area contributed by atoms with Gasteiger partial charge in [-0.2, -0.15) is 0 Å². The summed E-state index contributed by atoms with van der Waals surface area (Å²) in [6, 6.07) is 6.42. The van der Waals surface area contributed by atoms with E-state index in [1.165, 1.54) is 12.1 Å². The van der Waals surface area contributed by atoms with Crippen molar-refractivity contribution in [1.82, 2.24) is 5.32 Å². The summed E-state index contributed by atoms with van der Waals surface area (Å²) in [7, 11) is 0. The number of hydrogen-bond donors (Lipinski definition) is 1. The van der Waals surface area contributed by atoms with Crippen molar-refractivity contribution < 1.29 is 13.5 Å². The Morgan fingerprint density at radius 3 is 2.81 bits per heavy atom. The molecule has 1 aromatic heterocycles. The summed E-state index contributed by atoms with van der Waals surface area (Å²) < 4.78 is 25.2. The van der Waals surface area contributed by atoms with Crippen LogP contribution in [0.4, 0.5) is 4.39 Å². The average molecular weight is 356 g/mol. The number of rotatable bonds is 7. The molecule has 2 rings (SSSR count). The number of nitrogens with one attached hydrogen (secondary N) is 1. The van der Waals surface area contributed by atoms with Gasteiger partial charge in [0, 0.05) is 10.5 Å². The van der Waals surface area contributed by atoms with Crippen LogP contribution < -0.4 is 10.1 Å². The van der Waals surface area contributed by atoms with Crippen LogP contribution >= 0.6 is 15.9 Å². The Morgan fingerprint density at radius 2 is 2.10 bits per heavy atom. The highest BCUT2D eigenvalue weighted by Crippen LogP contribution is 2.22. The van der Waals surface area contributed by atoms with Gasteiger partial charge in [-0.15, -0.1) is 0 Å². The molecule has 5 heteroatoms. The van der Waals surface area contributed by atoms with Gasteiger partial charge in [0.15, 0.2) is 0 Å². The SMILES string of the molecule is CCCNCc1oc(COc2cc(F)cc(Br)c2)cc1C. The second-order valence-electron chi connectivity index (χ2n) is 4.89. The maximum absolute atomic E-state index is 13.3. The normalized spacial score (nSPS) is 10.9. The molecule has 0 unspecified atom stereocenters. The second-order valence-corrected chi connectivity index (χ2v) is 5.81. The fraction of sp³-hybridized carbons (Fsp3) is 0.375. The molecule has 3 nitrogen and oxygen atoms in total. The molecule has 0 atom stereocenters. The smallest absolute Gasteiger partial charge is 0.146 e. The molecule has 0 radical (unpaired) electrons. The molecule has 0 saturated heterocycles. The highest BCUT2D eigenvalue weighted by Gasteiger charge is 2.08. The van der Waals surface area contributed by atoms with Crippen molar-refractivity contribution >= 4 is 15.9 Å². The maximum Gasteiger partial charge on any atom is 0.146 e. The molecule has 2 aromatic rings. The minimum absolute atomic E-state index is 0.282. The molecule has 0 aliphatic rings. The van der Waals surface area contributed by atoms with E-state index in [1.807, 2.05) is 13.0 Å². The largest absolute Gasteiger partial charge is 0.486 e. The van der Waals surface area contributed by atoms with Gasteiger partial charge in [0.1, 0.15) is 29.7 Å². The topological polar surface area (TPSA) is 34.4 Å². The van der Waals surface area contributed by atoms with Gasteiger partial charge in [0.2, 0.25) is 0 Å². The zero-order valence-electron chi connectivity index (χ0n) is 12.2. The predicted octanol–water partition coefficient (Wildman–Crippen LogP) is 4.57. The van der Waals surface area contributed by atoms with Gasteiger partial charge in [0.05, 0.1) is 6.54 Å². The molecule has 0 spiro atoms.